The number of benzene rings is 1. The molecule has 0 radical (unpaired) electrons. The summed E-state index contributed by atoms with van der Waals surface area (Å²) in [7, 11) is 1.69. The van der Waals surface area contributed by atoms with E-state index in [4.69, 9.17) is 4.74 Å². The topological polar surface area (TPSA) is 59.4 Å². The fourth-order valence-corrected chi connectivity index (χ4v) is 4.30. The number of ether oxygens (including phenoxy) is 1. The molecule has 1 fully saturated rings. The lowest BCUT2D eigenvalue weighted by atomic mass is 9.96. The minimum absolute atomic E-state index is 0.101. The Morgan fingerprint density at radius 1 is 1.23 bits per heavy atom. The van der Waals surface area contributed by atoms with Crippen molar-refractivity contribution < 1.29 is 9.53 Å². The van der Waals surface area contributed by atoms with Gasteiger partial charge in [-0.05, 0) is 75.9 Å². The van der Waals surface area contributed by atoms with Gasteiger partial charge in [0, 0.05) is 18.8 Å². The minimum atomic E-state index is -0.209. The Balaban J connectivity index is 1.46. The van der Waals surface area contributed by atoms with Crippen LogP contribution in [-0.2, 0) is 11.3 Å². The van der Waals surface area contributed by atoms with Crippen LogP contribution in [-0.4, -0.2) is 47.3 Å². The second-order valence-electron chi connectivity index (χ2n) is 8.49. The van der Waals surface area contributed by atoms with Crippen molar-refractivity contribution >= 4 is 5.91 Å². The van der Waals surface area contributed by atoms with Gasteiger partial charge < -0.3 is 10.1 Å². The zero-order valence-electron chi connectivity index (χ0n) is 18.9. The molecule has 6 heteroatoms. The molecule has 2 aromatic rings. The van der Waals surface area contributed by atoms with E-state index in [0.29, 0.717) is 5.92 Å². The molecule has 0 bridgehead atoms. The Kier molecular flexibility index (Phi) is 7.91. The maximum Gasteiger partial charge on any atom is 0.244 e. The standard InChI is InChI=1S/C24H36N4O2/c1-5-6-23(28-19(3)15-18(2)26-28)24(29)25-16-20-11-13-27(14-12-20)17-21-7-9-22(30-4)10-8-21/h7-10,15,20,23H,5-6,11-14,16-17H2,1-4H3,(H,25,29). The summed E-state index contributed by atoms with van der Waals surface area (Å²) in [5.74, 6) is 1.54. The Hall–Kier alpha value is -2.34. The monoisotopic (exact) mass is 412 g/mol. The minimum Gasteiger partial charge on any atom is -0.497 e. The summed E-state index contributed by atoms with van der Waals surface area (Å²) in [6, 6.07) is 10.1. The van der Waals surface area contributed by atoms with E-state index in [-0.39, 0.29) is 11.9 Å². The number of piperidine rings is 1. The van der Waals surface area contributed by atoms with Crippen LogP contribution in [0.1, 0.15) is 55.6 Å². The van der Waals surface area contributed by atoms with E-state index in [9.17, 15) is 4.79 Å². The van der Waals surface area contributed by atoms with Crippen LogP contribution < -0.4 is 10.1 Å². The number of hydrogen-bond donors (Lipinski definition) is 1. The van der Waals surface area contributed by atoms with E-state index < -0.39 is 0 Å². The molecule has 2 heterocycles. The normalized spacial score (nSPS) is 16.4. The van der Waals surface area contributed by atoms with Gasteiger partial charge in [-0.15, -0.1) is 0 Å². The van der Waals surface area contributed by atoms with Crippen LogP contribution >= 0.6 is 0 Å². The predicted molar refractivity (Wildman–Crippen MR) is 120 cm³/mol. The number of nitrogens with one attached hydrogen (secondary N) is 1. The van der Waals surface area contributed by atoms with Crippen LogP contribution in [0.3, 0.4) is 0 Å². The number of hydrogen-bond acceptors (Lipinski definition) is 4. The zero-order valence-corrected chi connectivity index (χ0v) is 18.9. The van der Waals surface area contributed by atoms with E-state index in [1.165, 1.54) is 5.56 Å². The van der Waals surface area contributed by atoms with Gasteiger partial charge in [-0.25, -0.2) is 0 Å². The van der Waals surface area contributed by atoms with Crippen molar-refractivity contribution in [2.75, 3.05) is 26.7 Å². The van der Waals surface area contributed by atoms with Gasteiger partial charge in [0.05, 0.1) is 12.8 Å². The molecule has 1 atom stereocenters. The highest BCUT2D eigenvalue weighted by Crippen LogP contribution is 2.21. The SMILES string of the molecule is CCCC(C(=O)NCC1CCN(Cc2ccc(OC)cc2)CC1)n1nc(C)cc1C. The van der Waals surface area contributed by atoms with E-state index >= 15 is 0 Å². The average Bonchev–Trinajstić information content (AvgIpc) is 3.09. The second kappa shape index (κ2) is 10.6. The van der Waals surface area contributed by atoms with Crippen molar-refractivity contribution in [3.8, 4) is 5.75 Å². The molecule has 1 aromatic heterocycles. The largest absolute Gasteiger partial charge is 0.497 e. The van der Waals surface area contributed by atoms with Crippen LogP contribution in [0.4, 0.5) is 0 Å². The summed E-state index contributed by atoms with van der Waals surface area (Å²) < 4.78 is 7.13. The van der Waals surface area contributed by atoms with E-state index in [1.54, 1.807) is 7.11 Å². The third-order valence-corrected chi connectivity index (χ3v) is 6.04. The molecule has 30 heavy (non-hydrogen) atoms. The average molecular weight is 413 g/mol. The van der Waals surface area contributed by atoms with Gasteiger partial charge in [-0.1, -0.05) is 25.5 Å². The number of aromatic nitrogens is 2. The molecular formula is C24H36N4O2. The molecular weight excluding hydrogens is 376 g/mol. The summed E-state index contributed by atoms with van der Waals surface area (Å²) in [4.78, 5) is 15.4. The van der Waals surface area contributed by atoms with E-state index in [1.807, 2.05) is 36.7 Å². The quantitative estimate of drug-likeness (QED) is 0.679. The number of carbonyl (C=O) groups is 1. The molecule has 164 valence electrons. The van der Waals surface area contributed by atoms with Gasteiger partial charge in [0.15, 0.2) is 0 Å². The molecule has 1 saturated heterocycles. The van der Waals surface area contributed by atoms with Crippen molar-refractivity contribution in [3.63, 3.8) is 0 Å². The van der Waals surface area contributed by atoms with Crippen molar-refractivity contribution in [2.24, 2.45) is 5.92 Å². The van der Waals surface area contributed by atoms with Crippen LogP contribution in [0.25, 0.3) is 0 Å². The van der Waals surface area contributed by atoms with Gasteiger partial charge in [0.2, 0.25) is 5.91 Å². The molecule has 0 spiro atoms. The van der Waals surface area contributed by atoms with Crippen molar-refractivity contribution in [1.82, 2.24) is 20.0 Å². The highest BCUT2D eigenvalue weighted by molar-refractivity contribution is 5.80. The molecule has 3 rings (SSSR count). The summed E-state index contributed by atoms with van der Waals surface area (Å²) in [5, 5.41) is 7.76. The number of nitrogens with zero attached hydrogens (tertiary/aromatic N) is 3. The molecule has 0 aliphatic carbocycles. The molecule has 1 amide bonds. The molecule has 6 nitrogen and oxygen atoms in total. The first kappa shape index (κ1) is 22.3. The lowest BCUT2D eigenvalue weighted by Gasteiger charge is -2.32. The van der Waals surface area contributed by atoms with Crippen LogP contribution in [0, 0.1) is 19.8 Å². The van der Waals surface area contributed by atoms with Crippen molar-refractivity contribution in [2.45, 2.75) is 59.0 Å². The van der Waals surface area contributed by atoms with Gasteiger partial charge in [-0.3, -0.25) is 14.4 Å². The molecule has 1 N–H and O–H groups in total. The third kappa shape index (κ3) is 5.85. The molecule has 1 unspecified atom stereocenters. The first-order chi connectivity index (χ1) is 14.5. The number of amides is 1. The molecule has 1 aromatic carbocycles. The zero-order chi connectivity index (χ0) is 21.5. The molecule has 0 saturated carbocycles. The summed E-state index contributed by atoms with van der Waals surface area (Å²) in [6.07, 6.45) is 4.01. The highest BCUT2D eigenvalue weighted by Gasteiger charge is 2.24. The summed E-state index contributed by atoms with van der Waals surface area (Å²) in [5.41, 5.74) is 3.33. The van der Waals surface area contributed by atoms with Crippen LogP contribution in [0.5, 0.6) is 5.75 Å². The smallest absolute Gasteiger partial charge is 0.244 e. The number of likely N-dealkylation sites (tertiary alicyclic amines) is 1. The summed E-state index contributed by atoms with van der Waals surface area (Å²) in [6.45, 7) is 9.99. The van der Waals surface area contributed by atoms with Crippen molar-refractivity contribution in [1.29, 1.82) is 0 Å². The fraction of sp³-hybridized carbons (Fsp3) is 0.583. The number of carbonyl (C=O) groups excluding carboxylic acids is 1. The van der Waals surface area contributed by atoms with E-state index in [2.05, 4.69) is 34.4 Å². The Morgan fingerprint density at radius 3 is 2.50 bits per heavy atom. The van der Waals surface area contributed by atoms with Crippen molar-refractivity contribution in [3.05, 3.63) is 47.3 Å². The number of rotatable bonds is 9. The van der Waals surface area contributed by atoms with Gasteiger partial charge in [0.25, 0.3) is 0 Å². The Labute approximate surface area is 180 Å². The lowest BCUT2D eigenvalue weighted by molar-refractivity contribution is -0.125. The maximum absolute atomic E-state index is 12.9. The van der Waals surface area contributed by atoms with Gasteiger partial charge in [0.1, 0.15) is 11.8 Å². The lowest BCUT2D eigenvalue weighted by Crippen LogP contribution is -2.40. The summed E-state index contributed by atoms with van der Waals surface area (Å²) >= 11 is 0. The Morgan fingerprint density at radius 2 is 1.93 bits per heavy atom. The maximum atomic E-state index is 12.9. The van der Waals surface area contributed by atoms with Gasteiger partial charge >= 0.3 is 0 Å². The van der Waals surface area contributed by atoms with Crippen LogP contribution in [0.15, 0.2) is 30.3 Å². The fourth-order valence-electron chi connectivity index (χ4n) is 4.30. The molecule has 1 aliphatic rings. The van der Waals surface area contributed by atoms with Crippen LogP contribution in [0.2, 0.25) is 0 Å². The van der Waals surface area contributed by atoms with Gasteiger partial charge in [-0.2, -0.15) is 5.10 Å². The third-order valence-electron chi connectivity index (χ3n) is 6.04. The first-order valence-corrected chi connectivity index (χ1v) is 11.2. The Bertz CT molecular complexity index is 807. The second-order valence-corrected chi connectivity index (χ2v) is 8.49. The number of aryl methyl sites for hydroxylation is 2. The predicted octanol–water partition coefficient (Wildman–Crippen LogP) is 3.88. The highest BCUT2D eigenvalue weighted by atomic mass is 16.5. The van der Waals surface area contributed by atoms with E-state index in [0.717, 1.165) is 69.0 Å². The number of methoxy groups -OCH3 is 1. The molecule has 1 aliphatic heterocycles. The first-order valence-electron chi connectivity index (χ1n) is 11.2.